The van der Waals surface area contributed by atoms with Crippen LogP contribution in [-0.4, -0.2) is 29.8 Å². The summed E-state index contributed by atoms with van der Waals surface area (Å²) in [4.78, 5) is 17.5. The Morgan fingerprint density at radius 1 is 1.18 bits per heavy atom. The second kappa shape index (κ2) is 8.80. The number of aliphatic imine (C=N–C) groups is 1. The first kappa shape index (κ1) is 19.8. The lowest BCUT2D eigenvalue weighted by Gasteiger charge is -2.05. The summed E-state index contributed by atoms with van der Waals surface area (Å²) >= 11 is 1.22. The van der Waals surface area contributed by atoms with E-state index in [0.29, 0.717) is 21.4 Å². The molecule has 2 aromatic rings. The number of aryl methyl sites for hydroxylation is 1. The number of aliphatic hydroxyl groups is 1. The van der Waals surface area contributed by atoms with Crippen molar-refractivity contribution in [2.24, 2.45) is 4.99 Å². The van der Waals surface area contributed by atoms with Crippen LogP contribution in [0, 0.1) is 6.92 Å². The van der Waals surface area contributed by atoms with Crippen molar-refractivity contribution in [2.75, 3.05) is 13.7 Å². The molecule has 0 unspecified atom stereocenters. The Morgan fingerprint density at radius 3 is 2.57 bits per heavy atom. The SMILES string of the molecule is CCOC(=O)C1=C(O)C(=Cc2ccccc2OC)SC1=Nc1ccc(C)cc1. The van der Waals surface area contributed by atoms with Gasteiger partial charge in [0.15, 0.2) is 0 Å². The molecule has 3 rings (SSSR count). The average molecular weight is 395 g/mol. The molecule has 0 fully saturated rings. The monoisotopic (exact) mass is 395 g/mol. The van der Waals surface area contributed by atoms with Gasteiger partial charge >= 0.3 is 5.97 Å². The summed E-state index contributed by atoms with van der Waals surface area (Å²) in [6.45, 7) is 3.93. The summed E-state index contributed by atoms with van der Waals surface area (Å²) in [5.74, 6) is -0.0629. The summed E-state index contributed by atoms with van der Waals surface area (Å²) < 4.78 is 10.5. The van der Waals surface area contributed by atoms with Crippen LogP contribution in [0.4, 0.5) is 5.69 Å². The van der Waals surface area contributed by atoms with Gasteiger partial charge in [0, 0.05) is 5.56 Å². The Morgan fingerprint density at radius 2 is 1.89 bits per heavy atom. The van der Waals surface area contributed by atoms with Gasteiger partial charge in [0.2, 0.25) is 0 Å². The maximum Gasteiger partial charge on any atom is 0.344 e. The number of carbonyl (C=O) groups is 1. The average Bonchev–Trinajstić information content (AvgIpc) is 2.99. The molecular formula is C22H21NO4S. The van der Waals surface area contributed by atoms with E-state index in [9.17, 15) is 9.90 Å². The van der Waals surface area contributed by atoms with Crippen LogP contribution >= 0.6 is 11.8 Å². The fraction of sp³-hybridized carbons (Fsp3) is 0.182. The number of carbonyl (C=O) groups excluding carboxylic acids is 1. The van der Waals surface area contributed by atoms with E-state index < -0.39 is 5.97 Å². The number of ether oxygens (including phenoxy) is 2. The minimum absolute atomic E-state index is 0.0774. The van der Waals surface area contributed by atoms with Crippen LogP contribution in [0.25, 0.3) is 6.08 Å². The van der Waals surface area contributed by atoms with Crippen LogP contribution in [0.15, 0.2) is 69.8 Å². The molecule has 0 atom stereocenters. The predicted molar refractivity (Wildman–Crippen MR) is 113 cm³/mol. The lowest BCUT2D eigenvalue weighted by atomic mass is 10.1. The highest BCUT2D eigenvalue weighted by atomic mass is 32.2. The summed E-state index contributed by atoms with van der Waals surface area (Å²) in [6.07, 6.45) is 1.77. The van der Waals surface area contributed by atoms with Crippen LogP contribution in [0.2, 0.25) is 0 Å². The zero-order chi connectivity index (χ0) is 20.1. The third-order valence-electron chi connectivity index (χ3n) is 4.06. The van der Waals surface area contributed by atoms with Crippen molar-refractivity contribution in [3.63, 3.8) is 0 Å². The molecule has 0 aromatic heterocycles. The highest BCUT2D eigenvalue weighted by Gasteiger charge is 2.33. The zero-order valence-electron chi connectivity index (χ0n) is 15.9. The van der Waals surface area contributed by atoms with Gasteiger partial charge in [-0.1, -0.05) is 47.7 Å². The Hall–Kier alpha value is -2.99. The molecule has 0 saturated carbocycles. The van der Waals surface area contributed by atoms with E-state index in [0.717, 1.165) is 11.1 Å². The van der Waals surface area contributed by atoms with Gasteiger partial charge in [0.05, 0.1) is 24.3 Å². The Labute approximate surface area is 168 Å². The summed E-state index contributed by atoms with van der Waals surface area (Å²) in [7, 11) is 1.59. The van der Waals surface area contributed by atoms with E-state index in [-0.39, 0.29) is 17.9 Å². The molecular weight excluding hydrogens is 374 g/mol. The first-order valence-electron chi connectivity index (χ1n) is 8.82. The predicted octanol–water partition coefficient (Wildman–Crippen LogP) is 5.20. The van der Waals surface area contributed by atoms with Gasteiger partial charge in [0.25, 0.3) is 0 Å². The smallest absolute Gasteiger partial charge is 0.344 e. The molecule has 28 heavy (non-hydrogen) atoms. The number of hydrogen-bond acceptors (Lipinski definition) is 6. The van der Waals surface area contributed by atoms with Crippen molar-refractivity contribution in [2.45, 2.75) is 13.8 Å². The number of esters is 1. The van der Waals surface area contributed by atoms with E-state index in [2.05, 4.69) is 4.99 Å². The van der Waals surface area contributed by atoms with E-state index in [1.54, 1.807) is 20.1 Å². The number of nitrogens with zero attached hydrogens (tertiary/aromatic N) is 1. The Balaban J connectivity index is 2.06. The molecule has 0 bridgehead atoms. The molecule has 0 spiro atoms. The number of aliphatic hydroxyl groups excluding tert-OH is 1. The van der Waals surface area contributed by atoms with Crippen LogP contribution < -0.4 is 4.74 Å². The second-order valence-corrected chi connectivity index (χ2v) is 7.08. The highest BCUT2D eigenvalue weighted by Crippen LogP contribution is 2.41. The summed E-state index contributed by atoms with van der Waals surface area (Å²) in [6, 6.07) is 15.1. The van der Waals surface area contributed by atoms with Crippen LogP contribution in [0.1, 0.15) is 18.1 Å². The van der Waals surface area contributed by atoms with E-state index in [1.807, 2.05) is 55.5 Å². The largest absolute Gasteiger partial charge is 0.506 e. The van der Waals surface area contributed by atoms with Gasteiger partial charge in [-0.3, -0.25) is 0 Å². The number of hydrogen-bond donors (Lipinski definition) is 1. The lowest BCUT2D eigenvalue weighted by molar-refractivity contribution is -0.138. The third-order valence-corrected chi connectivity index (χ3v) is 5.08. The van der Waals surface area contributed by atoms with E-state index in [1.165, 1.54) is 11.8 Å². The molecule has 0 aliphatic carbocycles. The molecule has 0 saturated heterocycles. The number of benzene rings is 2. The second-order valence-electron chi connectivity index (χ2n) is 6.05. The van der Waals surface area contributed by atoms with Gasteiger partial charge in [-0.25, -0.2) is 9.79 Å². The van der Waals surface area contributed by atoms with Crippen molar-refractivity contribution >= 4 is 34.5 Å². The summed E-state index contributed by atoms with van der Waals surface area (Å²) in [5.41, 5.74) is 2.68. The van der Waals surface area contributed by atoms with Gasteiger partial charge in [0.1, 0.15) is 22.1 Å². The van der Waals surface area contributed by atoms with Crippen LogP contribution in [-0.2, 0) is 9.53 Å². The molecule has 1 heterocycles. The van der Waals surface area contributed by atoms with Gasteiger partial charge in [-0.2, -0.15) is 0 Å². The topological polar surface area (TPSA) is 68.1 Å². The molecule has 0 radical (unpaired) electrons. The maximum absolute atomic E-state index is 12.4. The molecule has 1 aliphatic rings. The molecule has 2 aromatic carbocycles. The minimum Gasteiger partial charge on any atom is -0.506 e. The quantitative estimate of drug-likeness (QED) is 0.705. The van der Waals surface area contributed by atoms with Crippen molar-refractivity contribution < 1.29 is 19.4 Å². The van der Waals surface area contributed by atoms with E-state index >= 15 is 0 Å². The molecule has 144 valence electrons. The molecule has 6 heteroatoms. The highest BCUT2D eigenvalue weighted by molar-refractivity contribution is 8.18. The van der Waals surface area contributed by atoms with Gasteiger partial charge in [-0.15, -0.1) is 0 Å². The number of thioether (sulfide) groups is 1. The number of rotatable bonds is 5. The normalized spacial score (nSPS) is 16.7. The minimum atomic E-state index is -0.596. The zero-order valence-corrected chi connectivity index (χ0v) is 16.7. The fourth-order valence-corrected chi connectivity index (χ4v) is 3.68. The van der Waals surface area contributed by atoms with Crippen molar-refractivity contribution in [1.82, 2.24) is 0 Å². The van der Waals surface area contributed by atoms with E-state index in [4.69, 9.17) is 9.47 Å². The summed E-state index contributed by atoms with van der Waals surface area (Å²) in [5, 5.41) is 11.1. The number of para-hydroxylation sites is 1. The van der Waals surface area contributed by atoms with Gasteiger partial charge < -0.3 is 14.6 Å². The fourth-order valence-electron chi connectivity index (χ4n) is 2.66. The van der Waals surface area contributed by atoms with Crippen molar-refractivity contribution in [3.8, 4) is 5.75 Å². The molecule has 0 amide bonds. The maximum atomic E-state index is 12.4. The standard InChI is InChI=1S/C22H21NO4S/c1-4-27-22(25)19-20(24)18(13-15-7-5-6-8-17(15)26-3)28-21(19)23-16-11-9-14(2)10-12-16/h5-13,24H,4H2,1-3H3. The van der Waals surface area contributed by atoms with Gasteiger partial charge in [-0.05, 0) is 38.1 Å². The van der Waals surface area contributed by atoms with Crippen LogP contribution in [0.3, 0.4) is 0 Å². The molecule has 1 aliphatic heterocycles. The molecule has 5 nitrogen and oxygen atoms in total. The van der Waals surface area contributed by atoms with Crippen molar-refractivity contribution in [1.29, 1.82) is 0 Å². The third kappa shape index (κ3) is 4.28. The lowest BCUT2D eigenvalue weighted by Crippen LogP contribution is -2.12. The first-order chi connectivity index (χ1) is 13.5. The Bertz CT molecular complexity index is 974. The van der Waals surface area contributed by atoms with Crippen molar-refractivity contribution in [3.05, 3.63) is 75.9 Å². The van der Waals surface area contributed by atoms with Crippen LogP contribution in [0.5, 0.6) is 5.75 Å². The molecule has 1 N–H and O–H groups in total. The first-order valence-corrected chi connectivity index (χ1v) is 9.64. The Kier molecular flexibility index (Phi) is 6.21. The number of methoxy groups -OCH3 is 1.